The number of aryl methyl sites for hydroxylation is 1. The second-order valence-corrected chi connectivity index (χ2v) is 10.5. The average Bonchev–Trinajstić information content (AvgIpc) is 3.47. The molecule has 5 rings (SSSR count). The van der Waals surface area contributed by atoms with Crippen molar-refractivity contribution in [1.29, 1.82) is 0 Å². The van der Waals surface area contributed by atoms with E-state index in [0.717, 1.165) is 56.7 Å². The maximum Gasteiger partial charge on any atom is 0.254 e. The lowest BCUT2D eigenvalue weighted by molar-refractivity contribution is 0.0951. The number of amides is 1. The van der Waals surface area contributed by atoms with Gasteiger partial charge in [0.25, 0.3) is 5.91 Å². The molecule has 0 aliphatic heterocycles. The van der Waals surface area contributed by atoms with Crippen LogP contribution in [-0.2, 0) is 26.1 Å². The molecule has 1 aliphatic rings. The average molecular weight is 565 g/mol. The van der Waals surface area contributed by atoms with E-state index < -0.39 is 0 Å². The largest absolute Gasteiger partial charge is 0.348 e. The van der Waals surface area contributed by atoms with Crippen LogP contribution in [0.3, 0.4) is 0 Å². The first-order valence-electron chi connectivity index (χ1n) is 13.1. The number of hydrogen-bond acceptors (Lipinski definition) is 6. The minimum Gasteiger partial charge on any atom is -0.348 e. The van der Waals surface area contributed by atoms with Gasteiger partial charge >= 0.3 is 0 Å². The molecule has 8 nitrogen and oxygen atoms in total. The second-order valence-electron chi connectivity index (χ2n) is 9.66. The lowest BCUT2D eigenvalue weighted by Gasteiger charge is -2.35. The Labute approximate surface area is 238 Å². The van der Waals surface area contributed by atoms with Gasteiger partial charge in [0.05, 0.1) is 33.7 Å². The molecule has 39 heavy (non-hydrogen) atoms. The normalized spacial score (nSPS) is 14.8. The number of benzene rings is 1. The Morgan fingerprint density at radius 3 is 2.72 bits per heavy atom. The fourth-order valence-electron chi connectivity index (χ4n) is 5.08. The smallest absolute Gasteiger partial charge is 0.254 e. The van der Waals surface area contributed by atoms with Crippen LogP contribution in [0, 0.1) is 0 Å². The molecule has 1 aliphatic carbocycles. The molecule has 3 N–H and O–H groups in total. The van der Waals surface area contributed by atoms with Crippen LogP contribution in [-0.4, -0.2) is 43.8 Å². The number of nitrogens with one attached hydrogen (secondary N) is 3. The molecule has 202 valence electrons. The van der Waals surface area contributed by atoms with E-state index in [0.29, 0.717) is 6.54 Å². The van der Waals surface area contributed by atoms with Crippen LogP contribution in [0.4, 0.5) is 0 Å². The molecule has 4 aromatic rings. The summed E-state index contributed by atoms with van der Waals surface area (Å²) in [4.78, 5) is 31.2. The van der Waals surface area contributed by atoms with Crippen LogP contribution in [0.15, 0.2) is 67.5 Å². The Bertz CT molecular complexity index is 1380. The number of pyridine rings is 2. The minimum atomic E-state index is -0.326. The van der Waals surface area contributed by atoms with Crippen LogP contribution in [0.1, 0.15) is 57.3 Å². The predicted molar refractivity (Wildman–Crippen MR) is 152 cm³/mol. The zero-order valence-electron chi connectivity index (χ0n) is 21.5. The standard InChI is InChI=1S/C29H31Cl2N7O/c30-24-16-33-17-25(31)27(24)29(39)36-13-20-4-1-5-21(12-20)18-38(11-10-32-14-23-15-34-19-37-23)26-8-2-6-22-7-3-9-35-28(22)26/h1,3-5,7,9,12,15-17,19,26,32H,2,6,8,10-11,13-14,18H2,(H,34,37)(H,36,39). The summed E-state index contributed by atoms with van der Waals surface area (Å²) in [6, 6.07) is 12.8. The quantitative estimate of drug-likeness (QED) is 0.219. The number of carbonyl (C=O) groups excluding carboxylic acids is 1. The second kappa shape index (κ2) is 13.2. The van der Waals surface area contributed by atoms with E-state index in [1.54, 1.807) is 6.33 Å². The number of aromatic amines is 1. The van der Waals surface area contributed by atoms with E-state index in [1.807, 2.05) is 30.6 Å². The summed E-state index contributed by atoms with van der Waals surface area (Å²) in [6.45, 7) is 3.58. The van der Waals surface area contributed by atoms with Crippen molar-refractivity contribution in [3.8, 4) is 0 Å². The van der Waals surface area contributed by atoms with Gasteiger partial charge in [-0.2, -0.15) is 0 Å². The Balaban J connectivity index is 1.28. The number of aromatic nitrogens is 4. The predicted octanol–water partition coefficient (Wildman–Crippen LogP) is 5.11. The van der Waals surface area contributed by atoms with Crippen molar-refractivity contribution in [1.82, 2.24) is 35.5 Å². The zero-order chi connectivity index (χ0) is 27.0. The molecule has 0 fully saturated rings. The van der Waals surface area contributed by atoms with E-state index in [1.165, 1.54) is 29.2 Å². The van der Waals surface area contributed by atoms with Gasteiger partial charge < -0.3 is 15.6 Å². The Hall–Kier alpha value is -3.30. The first kappa shape index (κ1) is 27.3. The molecule has 1 aromatic carbocycles. The molecule has 3 heterocycles. The highest BCUT2D eigenvalue weighted by atomic mass is 35.5. The number of H-pyrrole nitrogens is 1. The summed E-state index contributed by atoms with van der Waals surface area (Å²) in [5, 5.41) is 6.92. The van der Waals surface area contributed by atoms with E-state index >= 15 is 0 Å². The number of fused-ring (bicyclic) bond motifs is 1. The monoisotopic (exact) mass is 563 g/mol. The molecular formula is C29H31Cl2N7O. The van der Waals surface area contributed by atoms with Gasteiger partial charge in [0.2, 0.25) is 0 Å². The molecule has 1 unspecified atom stereocenters. The van der Waals surface area contributed by atoms with Gasteiger partial charge in [0.1, 0.15) is 0 Å². The van der Waals surface area contributed by atoms with Crippen molar-refractivity contribution >= 4 is 29.1 Å². The maximum absolute atomic E-state index is 12.7. The van der Waals surface area contributed by atoms with Crippen LogP contribution in [0.2, 0.25) is 10.0 Å². The Morgan fingerprint density at radius 2 is 1.90 bits per heavy atom. The van der Waals surface area contributed by atoms with Crippen molar-refractivity contribution in [2.75, 3.05) is 13.1 Å². The number of rotatable bonds is 11. The number of imidazole rings is 1. The van der Waals surface area contributed by atoms with Gasteiger partial charge in [0, 0.05) is 63.2 Å². The molecule has 10 heteroatoms. The summed E-state index contributed by atoms with van der Waals surface area (Å²) in [6.07, 6.45) is 11.6. The fraction of sp³-hybridized carbons (Fsp3) is 0.310. The van der Waals surface area contributed by atoms with Gasteiger partial charge in [0.15, 0.2) is 0 Å². The van der Waals surface area contributed by atoms with Gasteiger partial charge in [-0.15, -0.1) is 0 Å². The van der Waals surface area contributed by atoms with E-state index in [4.69, 9.17) is 28.2 Å². The van der Waals surface area contributed by atoms with E-state index in [9.17, 15) is 4.79 Å². The third-order valence-electron chi connectivity index (χ3n) is 6.96. The molecule has 0 bridgehead atoms. The van der Waals surface area contributed by atoms with Gasteiger partial charge in [-0.05, 0) is 42.0 Å². The topological polar surface area (TPSA) is 98.8 Å². The first-order chi connectivity index (χ1) is 19.1. The van der Waals surface area contributed by atoms with Gasteiger partial charge in [-0.25, -0.2) is 4.98 Å². The fourth-order valence-corrected chi connectivity index (χ4v) is 5.62. The first-order valence-corrected chi connectivity index (χ1v) is 13.8. The minimum absolute atomic E-state index is 0.229. The van der Waals surface area contributed by atoms with E-state index in [2.05, 4.69) is 48.7 Å². The highest BCUT2D eigenvalue weighted by Gasteiger charge is 2.27. The number of hydrogen-bond donors (Lipinski definition) is 3. The summed E-state index contributed by atoms with van der Waals surface area (Å²) in [5.74, 6) is -0.326. The van der Waals surface area contributed by atoms with Crippen molar-refractivity contribution in [2.45, 2.75) is 44.9 Å². The lowest BCUT2D eigenvalue weighted by atomic mass is 9.90. The molecule has 0 saturated heterocycles. The number of nitrogens with zero attached hydrogens (tertiary/aromatic N) is 4. The van der Waals surface area contributed by atoms with Gasteiger partial charge in [-0.1, -0.05) is 53.5 Å². The highest BCUT2D eigenvalue weighted by molar-refractivity contribution is 6.39. The molecule has 0 radical (unpaired) electrons. The van der Waals surface area contributed by atoms with Crippen LogP contribution in [0.25, 0.3) is 0 Å². The van der Waals surface area contributed by atoms with Crippen LogP contribution < -0.4 is 10.6 Å². The highest BCUT2D eigenvalue weighted by Crippen LogP contribution is 2.33. The molecule has 1 amide bonds. The molecule has 0 spiro atoms. The summed E-state index contributed by atoms with van der Waals surface area (Å²) in [7, 11) is 0. The van der Waals surface area contributed by atoms with Gasteiger partial charge in [-0.3, -0.25) is 19.7 Å². The SMILES string of the molecule is O=C(NCc1cccc(CN(CCNCc2cnc[nH]2)C2CCCc3cccnc32)c1)c1c(Cl)cncc1Cl. The molecule has 1 atom stereocenters. The molecule has 0 saturated carbocycles. The maximum atomic E-state index is 12.7. The number of halogens is 2. The summed E-state index contributed by atoms with van der Waals surface area (Å²) in [5.41, 5.74) is 6.01. The third-order valence-corrected chi connectivity index (χ3v) is 7.54. The third kappa shape index (κ3) is 7.02. The Kier molecular flexibility index (Phi) is 9.21. The zero-order valence-corrected chi connectivity index (χ0v) is 23.0. The van der Waals surface area contributed by atoms with Crippen LogP contribution >= 0.6 is 23.2 Å². The number of carbonyl (C=O) groups is 1. The van der Waals surface area contributed by atoms with Crippen molar-refractivity contribution < 1.29 is 4.79 Å². The van der Waals surface area contributed by atoms with Crippen molar-refractivity contribution in [3.63, 3.8) is 0 Å². The summed E-state index contributed by atoms with van der Waals surface area (Å²) < 4.78 is 0. The van der Waals surface area contributed by atoms with Crippen LogP contribution in [0.5, 0.6) is 0 Å². The van der Waals surface area contributed by atoms with Crippen molar-refractivity contribution in [3.05, 3.63) is 111 Å². The van der Waals surface area contributed by atoms with Crippen molar-refractivity contribution in [2.24, 2.45) is 0 Å². The summed E-state index contributed by atoms with van der Waals surface area (Å²) >= 11 is 12.3. The molecular weight excluding hydrogens is 533 g/mol. The Morgan fingerprint density at radius 1 is 1.05 bits per heavy atom. The lowest BCUT2D eigenvalue weighted by Crippen LogP contribution is -2.36. The molecule has 3 aromatic heterocycles. The van der Waals surface area contributed by atoms with E-state index in [-0.39, 0.29) is 27.6 Å².